The average Bonchev–Trinajstić information content (AvgIpc) is 2.47. The molecule has 1 aliphatic carbocycles. The fraction of sp³-hybridized carbons (Fsp3) is 1.00. The molecule has 0 aromatic rings. The topological polar surface area (TPSA) is 32.7 Å². The van der Waals surface area contributed by atoms with Crippen LogP contribution in [-0.2, 0) is 4.74 Å². The van der Waals surface area contributed by atoms with Gasteiger partial charge in [0, 0.05) is 6.54 Å². The van der Waals surface area contributed by atoms with E-state index in [9.17, 15) is 5.11 Å². The van der Waals surface area contributed by atoms with Crippen molar-refractivity contribution in [3.63, 3.8) is 0 Å². The molecule has 0 aromatic carbocycles. The van der Waals surface area contributed by atoms with Crippen molar-refractivity contribution in [3.05, 3.63) is 0 Å². The quantitative estimate of drug-likeness (QED) is 0.794. The van der Waals surface area contributed by atoms with Crippen LogP contribution in [0.15, 0.2) is 0 Å². The molecular weight excluding hydrogens is 286 g/mol. The summed E-state index contributed by atoms with van der Waals surface area (Å²) in [6.45, 7) is 12.8. The zero-order valence-electron chi connectivity index (χ0n) is 15.1. The Morgan fingerprint density at radius 1 is 1.04 bits per heavy atom. The van der Waals surface area contributed by atoms with Crippen LogP contribution >= 0.6 is 0 Å². The van der Waals surface area contributed by atoms with Gasteiger partial charge in [-0.05, 0) is 62.4 Å². The van der Waals surface area contributed by atoms with Gasteiger partial charge in [0.25, 0.3) is 0 Å². The monoisotopic (exact) mass is 327 g/mol. The summed E-state index contributed by atoms with van der Waals surface area (Å²) in [7, 11) is 0. The van der Waals surface area contributed by atoms with Gasteiger partial charge in [-0.15, -0.1) is 0 Å². The second-order valence-electron chi connectivity index (χ2n) is 8.33. The van der Waals surface area contributed by atoms with Crippen LogP contribution < -0.4 is 0 Å². The molecule has 4 atom stereocenters. The number of aliphatic hydroxyl groups is 1. The normalized spacial score (nSPS) is 31.8. The zero-order chi connectivity index (χ0) is 16.1. The molecule has 0 bridgehead atoms. The van der Waals surface area contributed by atoms with Crippen molar-refractivity contribution < 1.29 is 9.84 Å². The first-order valence-electron chi connectivity index (χ1n) is 9.47. The van der Waals surface area contributed by atoms with Crippen LogP contribution in [0.1, 0.15) is 67.2 Å². The molecule has 2 rings (SSSR count). The van der Waals surface area contributed by atoms with Crippen LogP contribution in [-0.4, -0.2) is 48.5 Å². The molecule has 1 saturated heterocycles. The van der Waals surface area contributed by atoms with E-state index in [1.54, 1.807) is 0 Å². The number of ether oxygens (including phenoxy) is 1. The van der Waals surface area contributed by atoms with E-state index in [4.69, 9.17) is 4.74 Å². The Morgan fingerprint density at radius 2 is 1.70 bits per heavy atom. The maximum atomic E-state index is 10.3. The van der Waals surface area contributed by atoms with Crippen molar-refractivity contribution in [1.29, 1.82) is 0 Å². The third-order valence-electron chi connectivity index (χ3n) is 5.81. The average molecular weight is 328 g/mol. The Morgan fingerprint density at radius 3 is 2.30 bits per heavy atom. The van der Waals surface area contributed by atoms with E-state index in [0.29, 0.717) is 24.5 Å². The minimum atomic E-state index is -0.335. The van der Waals surface area contributed by atoms with E-state index < -0.39 is 0 Å². The number of hydrogen-bond donors (Lipinski definition) is 1. The lowest BCUT2D eigenvalue weighted by molar-refractivity contribution is -0.0749. The molecule has 1 saturated carbocycles. The van der Waals surface area contributed by atoms with Gasteiger partial charge >= 0.3 is 0 Å². The Labute approximate surface area is 144 Å². The molecule has 0 spiro atoms. The van der Waals surface area contributed by atoms with Gasteiger partial charge in [0.1, 0.15) is 0 Å². The van der Waals surface area contributed by atoms with Gasteiger partial charge in [0.15, 0.2) is 0 Å². The third kappa shape index (κ3) is 6.72. The molecule has 3 nitrogen and oxygen atoms in total. The van der Waals surface area contributed by atoms with Crippen molar-refractivity contribution in [2.45, 2.75) is 79.4 Å². The Balaban J connectivity index is 0.00000264. The Kier molecular flexibility index (Phi) is 9.10. The lowest BCUT2D eigenvalue weighted by Crippen LogP contribution is -2.41. The van der Waals surface area contributed by atoms with Crippen LogP contribution in [0.4, 0.5) is 0 Å². The van der Waals surface area contributed by atoms with Gasteiger partial charge in [-0.2, -0.15) is 0 Å². The number of hydrogen-bond acceptors (Lipinski definition) is 3. The second-order valence-corrected chi connectivity index (χ2v) is 8.33. The van der Waals surface area contributed by atoms with Crippen molar-refractivity contribution in [2.24, 2.45) is 23.7 Å². The first kappa shape index (κ1) is 20.9. The molecule has 2 aliphatic rings. The number of nitrogens with zero attached hydrogens (tertiary/aromatic N) is 1. The molecule has 2 fully saturated rings. The van der Waals surface area contributed by atoms with E-state index in [0.717, 1.165) is 37.9 Å². The van der Waals surface area contributed by atoms with Crippen LogP contribution in [0.5, 0.6) is 0 Å². The highest BCUT2D eigenvalue weighted by Crippen LogP contribution is 2.35. The molecule has 0 amide bonds. The van der Waals surface area contributed by atoms with Gasteiger partial charge in [0.2, 0.25) is 0 Å². The van der Waals surface area contributed by atoms with E-state index in [2.05, 4.69) is 32.6 Å². The lowest BCUT2D eigenvalue weighted by Gasteiger charge is -2.38. The minimum Gasteiger partial charge on any atom is -0.389 e. The third-order valence-corrected chi connectivity index (χ3v) is 5.81. The molecule has 0 aromatic heterocycles. The number of β-amino-alcohol motifs (C(OH)–C–C–N with tert-alkyl or cyclic N) is 1. The van der Waals surface area contributed by atoms with Crippen LogP contribution in [0, 0.1) is 23.7 Å². The molecule has 23 heavy (non-hydrogen) atoms. The summed E-state index contributed by atoms with van der Waals surface area (Å²) in [6, 6.07) is 0. The van der Waals surface area contributed by atoms with Gasteiger partial charge in [-0.1, -0.05) is 41.5 Å². The van der Waals surface area contributed by atoms with E-state index >= 15 is 0 Å². The first-order valence-corrected chi connectivity index (χ1v) is 9.47. The summed E-state index contributed by atoms with van der Waals surface area (Å²) in [4.78, 5) is 2.40. The summed E-state index contributed by atoms with van der Waals surface area (Å²) in [5.74, 6) is 2.96. The van der Waals surface area contributed by atoms with Gasteiger partial charge in [0.05, 0.1) is 18.8 Å². The highest BCUT2D eigenvalue weighted by Gasteiger charge is 2.31. The largest absolute Gasteiger partial charge is 0.389 e. The van der Waals surface area contributed by atoms with Gasteiger partial charge in [-0.25, -0.2) is 0 Å². The maximum absolute atomic E-state index is 10.3. The number of rotatable bonds is 6. The summed E-state index contributed by atoms with van der Waals surface area (Å²) in [5.41, 5.74) is 0. The zero-order valence-corrected chi connectivity index (χ0v) is 15.1. The SMILES string of the molecule is C.CC1CCN(CC(O)COC2CC(C)CCC2C(C)C)CC1. The summed E-state index contributed by atoms with van der Waals surface area (Å²) in [5, 5.41) is 10.3. The molecule has 0 radical (unpaired) electrons. The van der Waals surface area contributed by atoms with Gasteiger partial charge < -0.3 is 14.7 Å². The highest BCUT2D eigenvalue weighted by molar-refractivity contribution is 4.82. The molecule has 1 heterocycles. The van der Waals surface area contributed by atoms with Crippen molar-refractivity contribution >= 4 is 0 Å². The summed E-state index contributed by atoms with van der Waals surface area (Å²) >= 11 is 0. The number of aliphatic hydroxyl groups excluding tert-OH is 1. The summed E-state index contributed by atoms with van der Waals surface area (Å²) < 4.78 is 6.18. The van der Waals surface area contributed by atoms with Crippen molar-refractivity contribution in [1.82, 2.24) is 4.90 Å². The van der Waals surface area contributed by atoms with Crippen LogP contribution in [0.3, 0.4) is 0 Å². The predicted molar refractivity (Wildman–Crippen MR) is 98.7 cm³/mol. The van der Waals surface area contributed by atoms with E-state index in [1.165, 1.54) is 25.7 Å². The van der Waals surface area contributed by atoms with Crippen LogP contribution in [0.2, 0.25) is 0 Å². The fourth-order valence-electron chi connectivity index (χ4n) is 4.14. The minimum absolute atomic E-state index is 0. The van der Waals surface area contributed by atoms with Crippen molar-refractivity contribution in [2.75, 3.05) is 26.2 Å². The Hall–Kier alpha value is -0.120. The molecule has 4 unspecified atom stereocenters. The van der Waals surface area contributed by atoms with E-state index in [1.807, 2.05) is 0 Å². The molecule has 3 heteroatoms. The lowest BCUT2D eigenvalue weighted by atomic mass is 9.75. The van der Waals surface area contributed by atoms with Gasteiger partial charge in [-0.3, -0.25) is 0 Å². The number of piperidine rings is 1. The molecule has 1 aliphatic heterocycles. The second kappa shape index (κ2) is 10.0. The van der Waals surface area contributed by atoms with Crippen molar-refractivity contribution in [3.8, 4) is 0 Å². The predicted octanol–water partition coefficient (Wildman–Crippen LogP) is 4.19. The molecule has 138 valence electrons. The van der Waals surface area contributed by atoms with Crippen LogP contribution in [0.25, 0.3) is 0 Å². The molecule has 1 N–H and O–H groups in total. The Bertz CT molecular complexity index is 313. The smallest absolute Gasteiger partial charge is 0.0900 e. The number of likely N-dealkylation sites (tertiary alicyclic amines) is 1. The fourth-order valence-corrected chi connectivity index (χ4v) is 4.14. The summed E-state index contributed by atoms with van der Waals surface area (Å²) in [6.07, 6.45) is 6.32. The highest BCUT2D eigenvalue weighted by atomic mass is 16.5. The maximum Gasteiger partial charge on any atom is 0.0900 e. The van der Waals surface area contributed by atoms with E-state index in [-0.39, 0.29) is 13.5 Å². The standard InChI is InChI=1S/C19H37NO2.CH4/c1-14(2)18-6-5-16(4)11-19(18)22-13-17(21)12-20-9-7-15(3)8-10-20;/h14-19,21H,5-13H2,1-4H3;1H4. The first-order chi connectivity index (χ1) is 10.5. The molecular formula is C20H41NO2.